The van der Waals surface area contributed by atoms with E-state index in [-0.39, 0.29) is 23.8 Å². The molecule has 0 heterocycles. The van der Waals surface area contributed by atoms with Gasteiger partial charge in [-0.15, -0.1) is 0 Å². The van der Waals surface area contributed by atoms with Crippen LogP contribution in [-0.4, -0.2) is 26.5 Å². The number of nitrogens with one attached hydrogen (secondary N) is 1. The fourth-order valence-corrected chi connectivity index (χ4v) is 2.68. The molecule has 0 spiro atoms. The van der Waals surface area contributed by atoms with Crippen molar-refractivity contribution in [2.45, 2.75) is 44.6 Å². The van der Waals surface area contributed by atoms with Crippen LogP contribution in [0.1, 0.15) is 32.8 Å². The summed E-state index contributed by atoms with van der Waals surface area (Å²) in [5, 5.41) is 0. The molecule has 0 aliphatic carbocycles. The average molecular weight is 299 g/mol. The lowest BCUT2D eigenvalue weighted by Gasteiger charge is -2.25. The van der Waals surface area contributed by atoms with Crippen molar-refractivity contribution in [1.82, 2.24) is 4.72 Å². The Balaban J connectivity index is 2.72. The first kappa shape index (κ1) is 16.7. The van der Waals surface area contributed by atoms with Gasteiger partial charge >= 0.3 is 5.97 Å². The van der Waals surface area contributed by atoms with Crippen molar-refractivity contribution in [3.63, 3.8) is 0 Å². The highest BCUT2D eigenvalue weighted by atomic mass is 32.2. The van der Waals surface area contributed by atoms with Crippen molar-refractivity contribution < 1.29 is 17.9 Å². The predicted octanol–water partition coefficient (Wildman–Crippen LogP) is 2.01. The number of carbonyl (C=O) groups excluding carboxylic acids is 1. The number of rotatable bonds is 6. The quantitative estimate of drug-likeness (QED) is 0.816. The topological polar surface area (TPSA) is 72.5 Å². The second kappa shape index (κ2) is 6.37. The second-order valence-corrected chi connectivity index (χ2v) is 6.99. The molecule has 0 radical (unpaired) electrons. The Morgan fingerprint density at radius 2 is 1.80 bits per heavy atom. The van der Waals surface area contributed by atoms with E-state index in [9.17, 15) is 13.2 Å². The summed E-state index contributed by atoms with van der Waals surface area (Å²) in [5.41, 5.74) is 0.103. The van der Waals surface area contributed by atoms with Gasteiger partial charge in [0.25, 0.3) is 0 Å². The van der Waals surface area contributed by atoms with Gasteiger partial charge in [0.05, 0.1) is 11.4 Å². The molecule has 0 aromatic heterocycles. The number of ether oxygens (including phenoxy) is 1. The normalized spacial score (nSPS) is 12.2. The lowest BCUT2D eigenvalue weighted by atomic mass is 10.1. The van der Waals surface area contributed by atoms with Crippen LogP contribution < -0.4 is 4.72 Å². The fraction of sp³-hybridized carbons (Fsp3) is 0.500. The summed E-state index contributed by atoms with van der Waals surface area (Å²) < 4.78 is 31.8. The van der Waals surface area contributed by atoms with Crippen LogP contribution in [0.2, 0.25) is 0 Å². The van der Waals surface area contributed by atoms with Crippen LogP contribution in [-0.2, 0) is 19.6 Å². The van der Waals surface area contributed by atoms with Crippen LogP contribution in [0, 0.1) is 6.92 Å². The molecule has 1 aromatic carbocycles. The number of esters is 1. The average Bonchev–Trinajstić information content (AvgIpc) is 2.37. The molecule has 0 saturated heterocycles. The first-order chi connectivity index (χ1) is 9.16. The maximum atomic E-state index is 12.1. The molecule has 5 nitrogen and oxygen atoms in total. The van der Waals surface area contributed by atoms with Gasteiger partial charge in [-0.05, 0) is 32.9 Å². The van der Waals surface area contributed by atoms with E-state index in [4.69, 9.17) is 4.74 Å². The van der Waals surface area contributed by atoms with Gasteiger partial charge in [0.1, 0.15) is 5.60 Å². The third-order valence-corrected chi connectivity index (χ3v) is 4.12. The lowest BCUT2D eigenvalue weighted by molar-refractivity contribution is -0.155. The van der Waals surface area contributed by atoms with Gasteiger partial charge in [-0.2, -0.15) is 0 Å². The summed E-state index contributed by atoms with van der Waals surface area (Å²) >= 11 is 0. The lowest BCUT2D eigenvalue weighted by Crippen LogP contribution is -2.41. The Morgan fingerprint density at radius 1 is 1.25 bits per heavy atom. The Hall–Kier alpha value is -1.40. The zero-order valence-electron chi connectivity index (χ0n) is 12.3. The molecule has 0 atom stereocenters. The summed E-state index contributed by atoms with van der Waals surface area (Å²) in [5.74, 6) is -0.357. The van der Waals surface area contributed by atoms with Gasteiger partial charge in [0, 0.05) is 6.42 Å². The number of sulfonamides is 1. The minimum absolute atomic E-state index is 0.0228. The van der Waals surface area contributed by atoms with E-state index < -0.39 is 15.6 Å². The Labute approximate surface area is 120 Å². The van der Waals surface area contributed by atoms with E-state index in [0.29, 0.717) is 0 Å². The fourth-order valence-electron chi connectivity index (χ4n) is 1.49. The molecular weight excluding hydrogens is 278 g/mol. The smallest absolute Gasteiger partial charge is 0.306 e. The molecule has 0 bridgehead atoms. The highest BCUT2D eigenvalue weighted by Gasteiger charge is 2.25. The molecule has 0 aliphatic rings. The molecule has 0 fully saturated rings. The van der Waals surface area contributed by atoms with Crippen molar-refractivity contribution in [2.24, 2.45) is 0 Å². The Kier molecular flexibility index (Phi) is 5.30. The van der Waals surface area contributed by atoms with Crippen molar-refractivity contribution in [3.05, 3.63) is 29.8 Å². The monoisotopic (exact) mass is 299 g/mol. The standard InChI is InChI=1S/C14H21NO4S/c1-5-13(16)19-14(3,4)10-15-20(17,18)12-8-6-11(2)7-9-12/h6-9,15H,5,10H2,1-4H3. The third kappa shape index (κ3) is 4.94. The SMILES string of the molecule is CCC(=O)OC(C)(C)CNS(=O)(=O)c1ccc(C)cc1. The van der Waals surface area contributed by atoms with Crippen LogP contribution in [0.25, 0.3) is 0 Å². The molecule has 112 valence electrons. The van der Waals surface area contributed by atoms with Gasteiger partial charge in [0.15, 0.2) is 0 Å². The molecule has 0 aliphatic heterocycles. The minimum atomic E-state index is -3.59. The first-order valence-corrected chi connectivity index (χ1v) is 7.93. The number of carbonyl (C=O) groups is 1. The van der Waals surface area contributed by atoms with Crippen LogP contribution in [0.4, 0.5) is 0 Å². The summed E-state index contributed by atoms with van der Waals surface area (Å²) in [4.78, 5) is 11.5. The zero-order chi connectivity index (χ0) is 15.4. The highest BCUT2D eigenvalue weighted by Crippen LogP contribution is 2.13. The third-order valence-electron chi connectivity index (χ3n) is 2.70. The highest BCUT2D eigenvalue weighted by molar-refractivity contribution is 7.89. The van der Waals surface area contributed by atoms with Crippen LogP contribution in [0.3, 0.4) is 0 Å². The molecule has 0 amide bonds. The van der Waals surface area contributed by atoms with Crippen LogP contribution >= 0.6 is 0 Å². The van der Waals surface area contributed by atoms with E-state index in [0.717, 1.165) is 5.56 Å². The summed E-state index contributed by atoms with van der Waals surface area (Å²) in [6, 6.07) is 6.55. The van der Waals surface area contributed by atoms with Crippen molar-refractivity contribution in [2.75, 3.05) is 6.54 Å². The molecule has 0 saturated carbocycles. The number of hydrogen-bond acceptors (Lipinski definition) is 4. The maximum absolute atomic E-state index is 12.1. The summed E-state index contributed by atoms with van der Waals surface area (Å²) in [6.45, 7) is 6.93. The van der Waals surface area contributed by atoms with E-state index in [1.165, 1.54) is 0 Å². The van der Waals surface area contributed by atoms with Gasteiger partial charge in [-0.25, -0.2) is 13.1 Å². The number of aryl methyl sites for hydroxylation is 1. The van der Waals surface area contributed by atoms with E-state index in [1.807, 2.05) is 6.92 Å². The van der Waals surface area contributed by atoms with Gasteiger partial charge in [0.2, 0.25) is 10.0 Å². The van der Waals surface area contributed by atoms with E-state index in [1.54, 1.807) is 45.0 Å². The Bertz CT molecular complexity index is 561. The number of hydrogen-bond donors (Lipinski definition) is 1. The molecule has 0 unspecified atom stereocenters. The van der Waals surface area contributed by atoms with Crippen molar-refractivity contribution in [3.8, 4) is 0 Å². The molecule has 1 N–H and O–H groups in total. The van der Waals surface area contributed by atoms with Crippen LogP contribution in [0.15, 0.2) is 29.2 Å². The van der Waals surface area contributed by atoms with Crippen LogP contribution in [0.5, 0.6) is 0 Å². The predicted molar refractivity (Wildman–Crippen MR) is 76.8 cm³/mol. The number of benzene rings is 1. The molecule has 1 aromatic rings. The zero-order valence-corrected chi connectivity index (χ0v) is 13.1. The molecular formula is C14H21NO4S. The Morgan fingerprint density at radius 3 is 2.30 bits per heavy atom. The van der Waals surface area contributed by atoms with Gasteiger partial charge in [-0.1, -0.05) is 24.6 Å². The van der Waals surface area contributed by atoms with Gasteiger partial charge < -0.3 is 4.74 Å². The molecule has 6 heteroatoms. The summed E-state index contributed by atoms with van der Waals surface area (Å²) in [7, 11) is -3.59. The van der Waals surface area contributed by atoms with E-state index in [2.05, 4.69) is 4.72 Å². The minimum Gasteiger partial charge on any atom is -0.458 e. The summed E-state index contributed by atoms with van der Waals surface area (Å²) in [6.07, 6.45) is 0.258. The van der Waals surface area contributed by atoms with Crippen molar-refractivity contribution >= 4 is 16.0 Å². The molecule has 1 rings (SSSR count). The maximum Gasteiger partial charge on any atom is 0.306 e. The second-order valence-electron chi connectivity index (χ2n) is 5.22. The van der Waals surface area contributed by atoms with E-state index >= 15 is 0 Å². The first-order valence-electron chi connectivity index (χ1n) is 6.44. The largest absolute Gasteiger partial charge is 0.458 e. The van der Waals surface area contributed by atoms with Crippen molar-refractivity contribution in [1.29, 1.82) is 0 Å². The molecule has 20 heavy (non-hydrogen) atoms. The van der Waals surface area contributed by atoms with Gasteiger partial charge in [-0.3, -0.25) is 4.79 Å².